The van der Waals surface area contributed by atoms with E-state index in [-0.39, 0.29) is 16.1 Å². The number of anilines is 1. The third-order valence-electron chi connectivity index (χ3n) is 4.80. The van der Waals surface area contributed by atoms with E-state index in [0.717, 1.165) is 29.9 Å². The molecule has 6 nitrogen and oxygen atoms in total. The minimum atomic E-state index is -3.53. The Kier molecular flexibility index (Phi) is 7.21. The van der Waals surface area contributed by atoms with Crippen LogP contribution in [0.4, 0.5) is 5.69 Å². The Morgan fingerprint density at radius 1 is 1.10 bits per heavy atom. The van der Waals surface area contributed by atoms with E-state index in [1.165, 1.54) is 22.1 Å². The molecule has 0 bridgehead atoms. The third-order valence-corrected chi connectivity index (χ3v) is 7.80. The van der Waals surface area contributed by atoms with Gasteiger partial charge in [-0.2, -0.15) is 4.31 Å². The fourth-order valence-corrected chi connectivity index (χ4v) is 5.58. The molecule has 1 saturated heterocycles. The van der Waals surface area contributed by atoms with E-state index in [1.807, 2.05) is 31.2 Å². The largest absolute Gasteiger partial charge is 0.497 e. The number of hydrogen-bond acceptors (Lipinski definition) is 5. The Morgan fingerprint density at radius 3 is 2.45 bits per heavy atom. The molecule has 3 rings (SSSR count). The van der Waals surface area contributed by atoms with Gasteiger partial charge in [-0.3, -0.25) is 4.79 Å². The second-order valence-electron chi connectivity index (χ2n) is 6.92. The average Bonchev–Trinajstić information content (AvgIpc) is 2.75. The summed E-state index contributed by atoms with van der Waals surface area (Å²) in [6.07, 6.45) is 2.83. The molecule has 1 heterocycles. The molecule has 0 spiro atoms. The third kappa shape index (κ3) is 5.52. The first-order valence-electron chi connectivity index (χ1n) is 9.62. The maximum atomic E-state index is 12.9. The molecule has 0 radical (unpaired) electrons. The number of ether oxygens (including phenoxy) is 1. The van der Waals surface area contributed by atoms with Gasteiger partial charge in [0.2, 0.25) is 15.9 Å². The topological polar surface area (TPSA) is 75.7 Å². The van der Waals surface area contributed by atoms with Crippen LogP contribution in [-0.2, 0) is 14.8 Å². The second-order valence-corrected chi connectivity index (χ2v) is 10.3. The standard InChI is InChI=1S/C21H26N2O4S2/c1-16(28-19-11-9-18(27-2)10-12-19)21(24)22-17-7-6-8-20(15-17)29(25,26)23-13-4-3-5-14-23/h6-12,15-16H,3-5,13-14H2,1-2H3,(H,22,24). The van der Waals surface area contributed by atoms with E-state index in [1.54, 1.807) is 25.3 Å². The molecule has 1 unspecified atom stereocenters. The smallest absolute Gasteiger partial charge is 0.243 e. The highest BCUT2D eigenvalue weighted by atomic mass is 32.2. The van der Waals surface area contributed by atoms with Crippen molar-refractivity contribution in [3.63, 3.8) is 0 Å². The minimum absolute atomic E-state index is 0.182. The van der Waals surface area contributed by atoms with E-state index in [9.17, 15) is 13.2 Å². The molecule has 0 saturated carbocycles. The zero-order valence-corrected chi connectivity index (χ0v) is 18.3. The van der Waals surface area contributed by atoms with E-state index >= 15 is 0 Å². The Balaban J connectivity index is 1.66. The van der Waals surface area contributed by atoms with Crippen LogP contribution in [0.15, 0.2) is 58.3 Å². The molecule has 1 aliphatic rings. The second kappa shape index (κ2) is 9.65. The fourth-order valence-electron chi connectivity index (χ4n) is 3.14. The first-order chi connectivity index (χ1) is 13.9. The van der Waals surface area contributed by atoms with Gasteiger partial charge in [-0.05, 0) is 62.2 Å². The van der Waals surface area contributed by atoms with Crippen molar-refractivity contribution in [1.29, 1.82) is 0 Å². The van der Waals surface area contributed by atoms with Crippen LogP contribution in [0, 0.1) is 0 Å². The number of carbonyl (C=O) groups excluding carboxylic acids is 1. The van der Waals surface area contributed by atoms with Crippen molar-refractivity contribution in [2.24, 2.45) is 0 Å². The zero-order chi connectivity index (χ0) is 20.9. The van der Waals surface area contributed by atoms with E-state index in [0.29, 0.717) is 18.8 Å². The number of thioether (sulfide) groups is 1. The normalized spacial score (nSPS) is 16.2. The number of hydrogen-bond donors (Lipinski definition) is 1. The van der Waals surface area contributed by atoms with Gasteiger partial charge in [0.1, 0.15) is 5.75 Å². The quantitative estimate of drug-likeness (QED) is 0.667. The molecule has 0 aliphatic carbocycles. The van der Waals surface area contributed by atoms with Gasteiger partial charge in [0, 0.05) is 23.7 Å². The van der Waals surface area contributed by atoms with Gasteiger partial charge >= 0.3 is 0 Å². The van der Waals surface area contributed by atoms with Crippen LogP contribution in [0.25, 0.3) is 0 Å². The van der Waals surface area contributed by atoms with Gasteiger partial charge in [0.25, 0.3) is 0 Å². The number of sulfonamides is 1. The van der Waals surface area contributed by atoms with Crippen LogP contribution >= 0.6 is 11.8 Å². The lowest BCUT2D eigenvalue weighted by Gasteiger charge is -2.26. The number of nitrogens with one attached hydrogen (secondary N) is 1. The first-order valence-corrected chi connectivity index (χ1v) is 11.9. The zero-order valence-electron chi connectivity index (χ0n) is 16.6. The number of rotatable bonds is 7. The number of methoxy groups -OCH3 is 1. The lowest BCUT2D eigenvalue weighted by Crippen LogP contribution is -2.35. The van der Waals surface area contributed by atoms with Crippen molar-refractivity contribution in [1.82, 2.24) is 4.31 Å². The number of carbonyl (C=O) groups is 1. The molecular weight excluding hydrogens is 408 g/mol. The average molecular weight is 435 g/mol. The fraction of sp³-hybridized carbons (Fsp3) is 0.381. The molecule has 2 aromatic rings. The first kappa shape index (κ1) is 21.7. The van der Waals surface area contributed by atoms with Gasteiger partial charge in [-0.15, -0.1) is 11.8 Å². The summed E-state index contributed by atoms with van der Waals surface area (Å²) in [4.78, 5) is 13.8. The van der Waals surface area contributed by atoms with E-state index in [2.05, 4.69) is 5.32 Å². The summed E-state index contributed by atoms with van der Waals surface area (Å²) < 4.78 is 32.4. The minimum Gasteiger partial charge on any atom is -0.497 e. The SMILES string of the molecule is COc1ccc(SC(C)C(=O)Nc2cccc(S(=O)(=O)N3CCCCC3)c2)cc1. The van der Waals surface area contributed by atoms with Crippen LogP contribution in [-0.4, -0.2) is 44.1 Å². The number of piperidine rings is 1. The predicted molar refractivity (Wildman–Crippen MR) is 116 cm³/mol. The molecule has 1 atom stereocenters. The number of benzene rings is 2. The number of amides is 1. The highest BCUT2D eigenvalue weighted by Crippen LogP contribution is 2.27. The predicted octanol–water partition coefficient (Wildman–Crippen LogP) is 3.99. The number of nitrogens with zero attached hydrogens (tertiary/aromatic N) is 1. The molecule has 1 N–H and O–H groups in total. The molecule has 8 heteroatoms. The molecule has 2 aromatic carbocycles. The summed E-state index contributed by atoms with van der Waals surface area (Å²) in [6, 6.07) is 14.0. The summed E-state index contributed by atoms with van der Waals surface area (Å²) in [5, 5.41) is 2.49. The Bertz CT molecular complexity index is 939. The van der Waals surface area contributed by atoms with Crippen molar-refractivity contribution in [2.75, 3.05) is 25.5 Å². The van der Waals surface area contributed by atoms with E-state index < -0.39 is 10.0 Å². The highest BCUT2D eigenvalue weighted by Gasteiger charge is 2.26. The van der Waals surface area contributed by atoms with Crippen molar-refractivity contribution >= 4 is 33.4 Å². The van der Waals surface area contributed by atoms with Gasteiger partial charge in [0.05, 0.1) is 17.3 Å². The maximum Gasteiger partial charge on any atom is 0.243 e. The lowest BCUT2D eigenvalue weighted by atomic mass is 10.2. The maximum absolute atomic E-state index is 12.9. The van der Waals surface area contributed by atoms with Crippen molar-refractivity contribution in [2.45, 2.75) is 41.2 Å². The molecule has 156 valence electrons. The van der Waals surface area contributed by atoms with E-state index in [4.69, 9.17) is 4.74 Å². The van der Waals surface area contributed by atoms with Gasteiger partial charge in [-0.1, -0.05) is 12.5 Å². The van der Waals surface area contributed by atoms with Crippen LogP contribution in [0.2, 0.25) is 0 Å². The van der Waals surface area contributed by atoms with Crippen LogP contribution < -0.4 is 10.1 Å². The van der Waals surface area contributed by atoms with Crippen molar-refractivity contribution in [3.05, 3.63) is 48.5 Å². The molecule has 1 fully saturated rings. The van der Waals surface area contributed by atoms with Crippen LogP contribution in [0.1, 0.15) is 26.2 Å². The highest BCUT2D eigenvalue weighted by molar-refractivity contribution is 8.00. The Morgan fingerprint density at radius 2 is 1.79 bits per heavy atom. The summed E-state index contributed by atoms with van der Waals surface area (Å²) in [5.41, 5.74) is 0.482. The monoisotopic (exact) mass is 434 g/mol. The molecule has 1 amide bonds. The van der Waals surface area contributed by atoms with Gasteiger partial charge < -0.3 is 10.1 Å². The van der Waals surface area contributed by atoms with Crippen LogP contribution in [0.5, 0.6) is 5.75 Å². The van der Waals surface area contributed by atoms with Gasteiger partial charge in [0.15, 0.2) is 0 Å². The Hall–Kier alpha value is -2.03. The summed E-state index contributed by atoms with van der Waals surface area (Å²) >= 11 is 1.43. The summed E-state index contributed by atoms with van der Waals surface area (Å²) in [5.74, 6) is 0.580. The molecule has 29 heavy (non-hydrogen) atoms. The summed E-state index contributed by atoms with van der Waals surface area (Å²) in [7, 11) is -1.92. The van der Waals surface area contributed by atoms with Crippen LogP contribution in [0.3, 0.4) is 0 Å². The van der Waals surface area contributed by atoms with Gasteiger partial charge in [-0.25, -0.2) is 8.42 Å². The summed E-state index contributed by atoms with van der Waals surface area (Å²) in [6.45, 7) is 2.92. The molecule has 0 aromatic heterocycles. The van der Waals surface area contributed by atoms with Crippen molar-refractivity contribution < 1.29 is 17.9 Å². The van der Waals surface area contributed by atoms with Crippen molar-refractivity contribution in [3.8, 4) is 5.75 Å². The lowest BCUT2D eigenvalue weighted by molar-refractivity contribution is -0.115. The molecular formula is C21H26N2O4S2. The molecule has 1 aliphatic heterocycles. The Labute approximate surface area is 176 Å².